The number of alkyl halides is 3. The van der Waals surface area contributed by atoms with Crippen molar-refractivity contribution in [3.05, 3.63) is 48.5 Å². The number of sulfone groups is 1. The van der Waals surface area contributed by atoms with Crippen molar-refractivity contribution in [2.24, 2.45) is 0 Å². The van der Waals surface area contributed by atoms with Crippen LogP contribution < -0.4 is 9.46 Å². The van der Waals surface area contributed by atoms with Crippen LogP contribution in [-0.2, 0) is 19.9 Å². The highest BCUT2D eigenvalue weighted by molar-refractivity contribution is 7.93. The standard InChI is InChI=1S/C18H18F3NO5S2/c19-18(20,21)27-16-7-3-4-8-17(16)29(25,26)22-13-9-11-15(12-10-13)28(23,24)14-5-1-2-6-14/h3-4,7-12,14,22H,1-2,5-6H2. The summed E-state index contributed by atoms with van der Waals surface area (Å²) in [6.07, 6.45) is -2.18. The van der Waals surface area contributed by atoms with Gasteiger partial charge in [0.05, 0.1) is 10.1 Å². The van der Waals surface area contributed by atoms with Crippen molar-refractivity contribution in [3.8, 4) is 5.75 Å². The Balaban J connectivity index is 1.83. The molecule has 0 saturated heterocycles. The predicted molar refractivity (Wildman–Crippen MR) is 99.8 cm³/mol. The average Bonchev–Trinajstić information content (AvgIpc) is 3.16. The van der Waals surface area contributed by atoms with Gasteiger partial charge in [-0.05, 0) is 49.2 Å². The van der Waals surface area contributed by atoms with Crippen molar-refractivity contribution in [2.75, 3.05) is 4.72 Å². The predicted octanol–water partition coefficient (Wildman–Crippen LogP) is 4.10. The third kappa shape index (κ3) is 5.02. The van der Waals surface area contributed by atoms with E-state index in [0.717, 1.165) is 25.0 Å². The second-order valence-electron chi connectivity index (χ2n) is 6.58. The second-order valence-corrected chi connectivity index (χ2v) is 10.5. The minimum absolute atomic E-state index is 0.0113. The molecule has 0 amide bonds. The van der Waals surface area contributed by atoms with Gasteiger partial charge in [0.15, 0.2) is 9.84 Å². The maximum absolute atomic E-state index is 12.6. The summed E-state index contributed by atoms with van der Waals surface area (Å²) in [6.45, 7) is 0. The van der Waals surface area contributed by atoms with E-state index in [-0.39, 0.29) is 10.6 Å². The lowest BCUT2D eigenvalue weighted by atomic mass is 10.3. The molecule has 1 saturated carbocycles. The summed E-state index contributed by atoms with van der Waals surface area (Å²) in [5.41, 5.74) is 0.0113. The SMILES string of the molecule is O=S(=O)(Nc1ccc(S(=O)(=O)C2CCCC2)cc1)c1ccccc1OC(F)(F)F. The molecule has 2 aromatic rings. The smallest absolute Gasteiger partial charge is 0.404 e. The second kappa shape index (κ2) is 7.86. The average molecular weight is 449 g/mol. The number of hydrogen-bond acceptors (Lipinski definition) is 5. The number of sulfonamides is 1. The van der Waals surface area contributed by atoms with Crippen LogP contribution in [0.4, 0.5) is 18.9 Å². The highest BCUT2D eigenvalue weighted by Crippen LogP contribution is 2.32. The van der Waals surface area contributed by atoms with E-state index in [2.05, 4.69) is 9.46 Å². The van der Waals surface area contributed by atoms with E-state index in [1.54, 1.807) is 0 Å². The van der Waals surface area contributed by atoms with Crippen LogP contribution >= 0.6 is 0 Å². The van der Waals surface area contributed by atoms with Crippen LogP contribution in [0.3, 0.4) is 0 Å². The number of nitrogens with one attached hydrogen (secondary N) is 1. The molecule has 0 aromatic heterocycles. The maximum Gasteiger partial charge on any atom is 0.573 e. The lowest BCUT2D eigenvalue weighted by Crippen LogP contribution is -2.21. The molecule has 29 heavy (non-hydrogen) atoms. The Morgan fingerprint density at radius 3 is 2.07 bits per heavy atom. The molecule has 0 radical (unpaired) electrons. The minimum Gasteiger partial charge on any atom is -0.404 e. The summed E-state index contributed by atoms with van der Waals surface area (Å²) in [4.78, 5) is -0.617. The minimum atomic E-state index is -5.05. The summed E-state index contributed by atoms with van der Waals surface area (Å²) in [7, 11) is -7.91. The van der Waals surface area contributed by atoms with Crippen molar-refractivity contribution in [3.63, 3.8) is 0 Å². The molecular weight excluding hydrogens is 431 g/mol. The fourth-order valence-electron chi connectivity index (χ4n) is 3.20. The first-order chi connectivity index (χ1) is 13.5. The van der Waals surface area contributed by atoms with Gasteiger partial charge in [0.2, 0.25) is 0 Å². The van der Waals surface area contributed by atoms with Crippen molar-refractivity contribution in [2.45, 2.75) is 47.1 Å². The highest BCUT2D eigenvalue weighted by Gasteiger charge is 2.34. The molecule has 0 heterocycles. The molecule has 11 heteroatoms. The summed E-state index contributed by atoms with van der Waals surface area (Å²) < 4.78 is 93.7. The molecule has 0 spiro atoms. The first-order valence-electron chi connectivity index (χ1n) is 8.71. The number of hydrogen-bond donors (Lipinski definition) is 1. The number of para-hydroxylation sites is 1. The molecule has 1 aliphatic rings. The Labute approximate surface area is 166 Å². The number of anilines is 1. The Morgan fingerprint density at radius 2 is 1.48 bits per heavy atom. The molecule has 158 valence electrons. The topological polar surface area (TPSA) is 89.5 Å². The summed E-state index contributed by atoms with van der Waals surface area (Å²) in [5.74, 6) is -0.868. The van der Waals surface area contributed by atoms with E-state index in [4.69, 9.17) is 0 Å². The van der Waals surface area contributed by atoms with Gasteiger partial charge in [-0.3, -0.25) is 4.72 Å². The van der Waals surface area contributed by atoms with Crippen LogP contribution in [0.5, 0.6) is 5.75 Å². The van der Waals surface area contributed by atoms with Gasteiger partial charge in [-0.2, -0.15) is 0 Å². The van der Waals surface area contributed by atoms with Gasteiger partial charge >= 0.3 is 6.36 Å². The zero-order chi connectivity index (χ0) is 21.3. The zero-order valence-corrected chi connectivity index (χ0v) is 16.6. The number of rotatable bonds is 6. The van der Waals surface area contributed by atoms with E-state index < -0.39 is 42.1 Å². The Kier molecular flexibility index (Phi) is 5.81. The first kappa shape index (κ1) is 21.4. The van der Waals surface area contributed by atoms with Crippen LogP contribution in [0, 0.1) is 0 Å². The molecule has 1 fully saturated rings. The van der Waals surface area contributed by atoms with Gasteiger partial charge in [-0.15, -0.1) is 13.2 Å². The van der Waals surface area contributed by atoms with Gasteiger partial charge in [0, 0.05) is 5.69 Å². The van der Waals surface area contributed by atoms with Crippen LogP contribution in [0.25, 0.3) is 0 Å². The van der Waals surface area contributed by atoms with Gasteiger partial charge in [0.25, 0.3) is 10.0 Å². The Morgan fingerprint density at radius 1 is 0.897 bits per heavy atom. The molecular formula is C18H18F3NO5S2. The van der Waals surface area contributed by atoms with E-state index in [1.165, 1.54) is 36.4 Å². The lowest BCUT2D eigenvalue weighted by Gasteiger charge is -2.15. The highest BCUT2D eigenvalue weighted by atomic mass is 32.2. The number of benzene rings is 2. The van der Waals surface area contributed by atoms with Crippen LogP contribution in [0.1, 0.15) is 25.7 Å². The maximum atomic E-state index is 12.6. The molecule has 0 atom stereocenters. The fraction of sp³-hybridized carbons (Fsp3) is 0.333. The monoisotopic (exact) mass is 449 g/mol. The third-order valence-corrected chi connectivity index (χ3v) is 8.24. The van der Waals surface area contributed by atoms with Gasteiger partial charge < -0.3 is 4.74 Å². The molecule has 3 rings (SSSR count). The van der Waals surface area contributed by atoms with Crippen LogP contribution in [-0.4, -0.2) is 28.4 Å². The van der Waals surface area contributed by atoms with Crippen molar-refractivity contribution in [1.29, 1.82) is 0 Å². The fourth-order valence-corrected chi connectivity index (χ4v) is 6.24. The Hall–Kier alpha value is -2.27. The van der Waals surface area contributed by atoms with Crippen molar-refractivity contribution in [1.82, 2.24) is 0 Å². The van der Waals surface area contributed by atoms with Crippen LogP contribution in [0.15, 0.2) is 58.3 Å². The van der Waals surface area contributed by atoms with Crippen molar-refractivity contribution >= 4 is 25.5 Å². The zero-order valence-electron chi connectivity index (χ0n) is 15.0. The first-order valence-corrected chi connectivity index (χ1v) is 11.7. The van der Waals surface area contributed by atoms with Gasteiger partial charge in [0.1, 0.15) is 10.6 Å². The molecule has 2 aromatic carbocycles. The quantitative estimate of drug-likeness (QED) is 0.717. The molecule has 6 nitrogen and oxygen atoms in total. The van der Waals surface area contributed by atoms with Gasteiger partial charge in [-0.1, -0.05) is 25.0 Å². The summed E-state index contributed by atoms with van der Waals surface area (Å²) in [6, 6.07) is 9.41. The largest absolute Gasteiger partial charge is 0.573 e. The molecule has 0 bridgehead atoms. The summed E-state index contributed by atoms with van der Waals surface area (Å²) in [5, 5.41) is -0.448. The number of halogens is 3. The van der Waals surface area contributed by atoms with Gasteiger partial charge in [-0.25, -0.2) is 16.8 Å². The van der Waals surface area contributed by atoms with E-state index in [1.807, 2.05) is 0 Å². The third-order valence-electron chi connectivity index (χ3n) is 4.54. The normalized spacial score (nSPS) is 16.0. The molecule has 1 N–H and O–H groups in total. The lowest BCUT2D eigenvalue weighted by molar-refractivity contribution is -0.275. The molecule has 1 aliphatic carbocycles. The summed E-state index contributed by atoms with van der Waals surface area (Å²) >= 11 is 0. The van der Waals surface area contributed by atoms with E-state index in [9.17, 15) is 30.0 Å². The molecule has 0 aliphatic heterocycles. The number of ether oxygens (including phenoxy) is 1. The van der Waals surface area contributed by atoms with E-state index >= 15 is 0 Å². The molecule has 0 unspecified atom stereocenters. The van der Waals surface area contributed by atoms with Crippen LogP contribution in [0.2, 0.25) is 0 Å². The Bertz CT molecular complexity index is 1080. The van der Waals surface area contributed by atoms with Crippen molar-refractivity contribution < 1.29 is 34.7 Å². The van der Waals surface area contributed by atoms with E-state index in [0.29, 0.717) is 12.8 Å².